The zero-order chi connectivity index (χ0) is 26.2. The van der Waals surface area contributed by atoms with Gasteiger partial charge in [0.1, 0.15) is 11.9 Å². The molecule has 1 aliphatic heterocycles. The van der Waals surface area contributed by atoms with Gasteiger partial charge in [0.25, 0.3) is 0 Å². The van der Waals surface area contributed by atoms with Crippen molar-refractivity contribution >= 4 is 28.7 Å². The van der Waals surface area contributed by atoms with Crippen LogP contribution in [-0.2, 0) is 9.53 Å². The Morgan fingerprint density at radius 2 is 1.97 bits per heavy atom. The summed E-state index contributed by atoms with van der Waals surface area (Å²) >= 11 is 0. The SMILES string of the molecule is C=Cc1cc(-c2cc(C#N)c(N3CCN(C(=O)CCOC)[C@H](C4CC4)C3)nc2C2CC2)c2ccccc2n1. The highest BCUT2D eigenvalue weighted by molar-refractivity contribution is 5.96. The van der Waals surface area contributed by atoms with E-state index in [9.17, 15) is 10.1 Å². The van der Waals surface area contributed by atoms with Crippen molar-refractivity contribution in [1.29, 1.82) is 5.26 Å². The van der Waals surface area contributed by atoms with Crippen LogP contribution in [0.4, 0.5) is 5.82 Å². The molecule has 1 saturated heterocycles. The summed E-state index contributed by atoms with van der Waals surface area (Å²) in [6.45, 7) is 6.42. The van der Waals surface area contributed by atoms with Crippen molar-refractivity contribution in [2.24, 2.45) is 5.92 Å². The molecule has 0 bridgehead atoms. The van der Waals surface area contributed by atoms with E-state index >= 15 is 0 Å². The van der Waals surface area contributed by atoms with Crippen LogP contribution in [0.25, 0.3) is 28.1 Å². The number of aromatic nitrogens is 2. The average Bonchev–Trinajstić information content (AvgIpc) is 3.88. The number of nitrogens with zero attached hydrogens (tertiary/aromatic N) is 5. The Morgan fingerprint density at radius 3 is 2.68 bits per heavy atom. The summed E-state index contributed by atoms with van der Waals surface area (Å²) in [4.78, 5) is 27.2. The van der Waals surface area contributed by atoms with Crippen LogP contribution < -0.4 is 4.90 Å². The van der Waals surface area contributed by atoms with Crippen molar-refractivity contribution < 1.29 is 9.53 Å². The molecule has 6 rings (SSSR count). The normalized spacial score (nSPS) is 19.4. The number of anilines is 1. The van der Waals surface area contributed by atoms with Crippen LogP contribution in [-0.4, -0.2) is 60.2 Å². The zero-order valence-electron chi connectivity index (χ0n) is 21.9. The molecule has 7 nitrogen and oxygen atoms in total. The molecule has 2 aliphatic carbocycles. The predicted molar refractivity (Wildman–Crippen MR) is 149 cm³/mol. The van der Waals surface area contributed by atoms with Crippen LogP contribution in [0.15, 0.2) is 43.0 Å². The van der Waals surface area contributed by atoms with Gasteiger partial charge in [-0.3, -0.25) is 4.79 Å². The molecule has 3 aliphatic rings. The number of ether oxygens (including phenoxy) is 1. The molecule has 194 valence electrons. The van der Waals surface area contributed by atoms with Crippen molar-refractivity contribution in [2.45, 2.75) is 44.1 Å². The second-order valence-corrected chi connectivity index (χ2v) is 10.7. The molecule has 0 unspecified atom stereocenters. The van der Waals surface area contributed by atoms with Crippen LogP contribution in [0.3, 0.4) is 0 Å². The number of carbonyl (C=O) groups is 1. The second kappa shape index (κ2) is 10.2. The van der Waals surface area contributed by atoms with Crippen molar-refractivity contribution in [3.05, 3.63) is 59.9 Å². The minimum Gasteiger partial charge on any atom is -0.384 e. The Labute approximate surface area is 223 Å². The third-order valence-electron chi connectivity index (χ3n) is 8.08. The largest absolute Gasteiger partial charge is 0.384 e. The smallest absolute Gasteiger partial charge is 0.225 e. The lowest BCUT2D eigenvalue weighted by Crippen LogP contribution is -2.56. The number of rotatable bonds is 8. The minimum atomic E-state index is 0.157. The van der Waals surface area contributed by atoms with Gasteiger partial charge in [0.05, 0.1) is 41.5 Å². The van der Waals surface area contributed by atoms with Crippen molar-refractivity contribution in [3.63, 3.8) is 0 Å². The molecule has 3 heterocycles. The summed E-state index contributed by atoms with van der Waals surface area (Å²) in [6.07, 6.45) is 6.69. The lowest BCUT2D eigenvalue weighted by molar-refractivity contribution is -0.135. The summed E-state index contributed by atoms with van der Waals surface area (Å²) in [7, 11) is 1.63. The average molecular weight is 508 g/mol. The summed E-state index contributed by atoms with van der Waals surface area (Å²) < 4.78 is 5.15. The molecule has 38 heavy (non-hydrogen) atoms. The van der Waals surface area contributed by atoms with Gasteiger partial charge >= 0.3 is 0 Å². The molecule has 0 N–H and O–H groups in total. The maximum Gasteiger partial charge on any atom is 0.225 e. The van der Waals surface area contributed by atoms with E-state index < -0.39 is 0 Å². The lowest BCUT2D eigenvalue weighted by atomic mass is 9.95. The fraction of sp³-hybridized carbons (Fsp3) is 0.419. The summed E-state index contributed by atoms with van der Waals surface area (Å²) in [5, 5.41) is 11.3. The number of methoxy groups -OCH3 is 1. The number of para-hydroxylation sites is 1. The Bertz CT molecular complexity index is 1440. The number of hydrogen-bond acceptors (Lipinski definition) is 6. The lowest BCUT2D eigenvalue weighted by Gasteiger charge is -2.42. The van der Waals surface area contributed by atoms with E-state index in [2.05, 4.69) is 34.6 Å². The zero-order valence-corrected chi connectivity index (χ0v) is 21.9. The predicted octanol–water partition coefficient (Wildman–Crippen LogP) is 5.15. The fourth-order valence-corrected chi connectivity index (χ4v) is 5.78. The van der Waals surface area contributed by atoms with Crippen LogP contribution in [0.2, 0.25) is 0 Å². The standard InChI is InChI=1S/C31H33N5O2/c1-3-23-17-25(24-6-4-5-7-27(24)33-23)26-16-22(18-32)31(34-30(26)21-10-11-21)35-13-14-36(29(37)12-15-38-2)28(19-35)20-8-9-20/h3-7,16-17,20-21,28H,1,8-15,19H2,2H3/t28-/m0/s1. The summed E-state index contributed by atoms with van der Waals surface area (Å²) in [5.41, 5.74) is 5.43. The molecule has 0 radical (unpaired) electrons. The number of piperazine rings is 1. The van der Waals surface area contributed by atoms with Gasteiger partial charge in [-0.1, -0.05) is 24.8 Å². The Morgan fingerprint density at radius 1 is 1.16 bits per heavy atom. The van der Waals surface area contributed by atoms with Gasteiger partial charge in [0.2, 0.25) is 5.91 Å². The van der Waals surface area contributed by atoms with Gasteiger partial charge < -0.3 is 14.5 Å². The molecule has 1 aromatic carbocycles. The Kier molecular flexibility index (Phi) is 6.59. The third kappa shape index (κ3) is 4.65. The van der Waals surface area contributed by atoms with Gasteiger partial charge in [-0.2, -0.15) is 5.26 Å². The van der Waals surface area contributed by atoms with Crippen LogP contribution >= 0.6 is 0 Å². The first kappa shape index (κ1) is 24.6. The Hall–Kier alpha value is -3.76. The van der Waals surface area contributed by atoms with Crippen LogP contribution in [0, 0.1) is 17.2 Å². The number of nitriles is 1. The van der Waals surface area contributed by atoms with E-state index in [1.54, 1.807) is 13.2 Å². The first-order valence-corrected chi connectivity index (χ1v) is 13.6. The highest BCUT2D eigenvalue weighted by atomic mass is 16.5. The van der Waals surface area contributed by atoms with E-state index in [1.807, 2.05) is 24.3 Å². The maximum absolute atomic E-state index is 12.9. The van der Waals surface area contributed by atoms with Gasteiger partial charge in [0, 0.05) is 43.6 Å². The summed E-state index contributed by atoms with van der Waals surface area (Å²) in [5.74, 6) is 1.84. The fourth-order valence-electron chi connectivity index (χ4n) is 5.78. The molecule has 3 fully saturated rings. The summed E-state index contributed by atoms with van der Waals surface area (Å²) in [6, 6.07) is 14.8. The van der Waals surface area contributed by atoms with Crippen molar-refractivity contribution in [2.75, 3.05) is 38.3 Å². The van der Waals surface area contributed by atoms with E-state index in [0.717, 1.165) is 64.9 Å². The molecule has 1 atom stereocenters. The molecule has 3 aromatic rings. The van der Waals surface area contributed by atoms with Gasteiger partial charge in [-0.25, -0.2) is 9.97 Å². The first-order chi connectivity index (χ1) is 18.6. The third-order valence-corrected chi connectivity index (χ3v) is 8.08. The quantitative estimate of drug-likeness (QED) is 0.419. The molecule has 2 saturated carbocycles. The number of carbonyl (C=O) groups excluding carboxylic acids is 1. The number of benzene rings is 1. The van der Waals surface area contributed by atoms with E-state index in [-0.39, 0.29) is 11.9 Å². The Balaban J connectivity index is 1.40. The second-order valence-electron chi connectivity index (χ2n) is 10.7. The van der Waals surface area contributed by atoms with Gasteiger partial charge in [-0.05, 0) is 61.4 Å². The molecule has 1 amide bonds. The topological polar surface area (TPSA) is 82.4 Å². The highest BCUT2D eigenvalue weighted by Crippen LogP contribution is 2.46. The maximum atomic E-state index is 12.9. The van der Waals surface area contributed by atoms with Crippen LogP contribution in [0.1, 0.15) is 55.0 Å². The first-order valence-electron chi connectivity index (χ1n) is 13.6. The van der Waals surface area contributed by atoms with E-state index in [0.29, 0.717) is 50.1 Å². The minimum absolute atomic E-state index is 0.157. The van der Waals surface area contributed by atoms with Crippen LogP contribution in [0.5, 0.6) is 0 Å². The molecular formula is C31H33N5O2. The number of pyridine rings is 2. The van der Waals surface area contributed by atoms with E-state index in [1.165, 1.54) is 0 Å². The molecule has 0 spiro atoms. The number of hydrogen-bond donors (Lipinski definition) is 0. The molecule has 7 heteroatoms. The number of amides is 1. The van der Waals surface area contributed by atoms with Gasteiger partial charge in [-0.15, -0.1) is 0 Å². The van der Waals surface area contributed by atoms with Gasteiger partial charge in [0.15, 0.2) is 0 Å². The molecular weight excluding hydrogens is 474 g/mol. The molecule has 2 aromatic heterocycles. The highest BCUT2D eigenvalue weighted by Gasteiger charge is 2.41. The van der Waals surface area contributed by atoms with Crippen molar-refractivity contribution in [3.8, 4) is 17.2 Å². The monoisotopic (exact) mass is 507 g/mol. The number of fused-ring (bicyclic) bond motifs is 1. The van der Waals surface area contributed by atoms with Crippen molar-refractivity contribution in [1.82, 2.24) is 14.9 Å². The van der Waals surface area contributed by atoms with E-state index in [4.69, 9.17) is 14.7 Å².